The van der Waals surface area contributed by atoms with Crippen molar-refractivity contribution in [2.75, 3.05) is 12.3 Å². The Morgan fingerprint density at radius 2 is 1.76 bits per heavy atom. The van der Waals surface area contributed by atoms with E-state index in [0.717, 1.165) is 0 Å². The largest absolute Gasteiger partial charge is 0.441 e. The van der Waals surface area contributed by atoms with Crippen LogP contribution in [0.15, 0.2) is 18.2 Å². The zero-order valence-corrected chi connectivity index (χ0v) is 11.0. The van der Waals surface area contributed by atoms with Gasteiger partial charge in [0, 0.05) is 34.5 Å². The van der Waals surface area contributed by atoms with Crippen molar-refractivity contribution in [3.63, 3.8) is 0 Å². The van der Waals surface area contributed by atoms with Crippen LogP contribution in [-0.4, -0.2) is 17.8 Å². The average Bonchev–Trinajstić information content (AvgIpc) is 2.20. The Kier molecular flexibility index (Phi) is 5.92. The summed E-state index contributed by atoms with van der Waals surface area (Å²) in [6.07, 6.45) is 0. The summed E-state index contributed by atoms with van der Waals surface area (Å²) in [5.41, 5.74) is -3.48. The highest BCUT2D eigenvalue weighted by atomic mass is 35.5. The molecule has 17 heavy (non-hydrogen) atoms. The van der Waals surface area contributed by atoms with Crippen molar-refractivity contribution < 1.29 is 13.2 Å². The fraction of sp³-hybridized carbons (Fsp3) is 0.400. The minimum atomic E-state index is -4.18. The Morgan fingerprint density at radius 3 is 2.29 bits per heavy atom. The SMILES string of the molecule is FC(F)(F)SCCNCc1c(Cl)cccc1Cl. The first-order valence-corrected chi connectivity index (χ1v) is 6.48. The maximum atomic E-state index is 11.8. The van der Waals surface area contributed by atoms with Crippen molar-refractivity contribution in [1.82, 2.24) is 5.32 Å². The monoisotopic (exact) mass is 303 g/mol. The molecule has 1 aromatic carbocycles. The summed E-state index contributed by atoms with van der Waals surface area (Å²) < 4.78 is 35.5. The molecular formula is C10H10Cl2F3NS. The predicted octanol–water partition coefficient (Wildman–Crippen LogP) is 4.34. The topological polar surface area (TPSA) is 12.0 Å². The summed E-state index contributed by atoms with van der Waals surface area (Å²) in [6.45, 7) is 0.600. The standard InChI is InChI=1S/C10H10Cl2F3NS/c11-8-2-1-3-9(12)7(8)6-16-4-5-17-10(13,14)15/h1-3,16H,4-6H2. The summed E-state index contributed by atoms with van der Waals surface area (Å²) in [7, 11) is 0. The van der Waals surface area contributed by atoms with Crippen LogP contribution in [0.25, 0.3) is 0 Å². The van der Waals surface area contributed by atoms with Crippen LogP contribution in [0.1, 0.15) is 5.56 Å². The minimum Gasteiger partial charge on any atom is -0.312 e. The van der Waals surface area contributed by atoms with Crippen molar-refractivity contribution >= 4 is 35.0 Å². The summed E-state index contributed by atoms with van der Waals surface area (Å²) in [6, 6.07) is 5.09. The molecule has 1 nitrogen and oxygen atoms in total. The Morgan fingerprint density at radius 1 is 1.18 bits per heavy atom. The van der Waals surface area contributed by atoms with Crippen LogP contribution in [0.3, 0.4) is 0 Å². The molecule has 0 fully saturated rings. The van der Waals surface area contributed by atoms with E-state index in [4.69, 9.17) is 23.2 Å². The number of alkyl halides is 3. The van der Waals surface area contributed by atoms with E-state index in [9.17, 15) is 13.2 Å². The molecule has 0 aliphatic carbocycles. The zero-order chi connectivity index (χ0) is 12.9. The Balaban J connectivity index is 2.32. The Hall–Kier alpha value is -0.100. The number of benzene rings is 1. The summed E-state index contributed by atoms with van der Waals surface area (Å²) in [5, 5.41) is 3.88. The summed E-state index contributed by atoms with van der Waals surface area (Å²) in [5.74, 6) is -0.0361. The number of halogens is 5. The normalized spacial score (nSPS) is 11.8. The maximum absolute atomic E-state index is 11.8. The fourth-order valence-corrected chi connectivity index (χ4v) is 2.16. The van der Waals surface area contributed by atoms with Gasteiger partial charge in [0.05, 0.1) is 0 Å². The molecule has 0 saturated heterocycles. The number of hydrogen-bond donors (Lipinski definition) is 1. The van der Waals surface area contributed by atoms with E-state index in [1.165, 1.54) is 0 Å². The van der Waals surface area contributed by atoms with Crippen molar-refractivity contribution in [3.05, 3.63) is 33.8 Å². The van der Waals surface area contributed by atoms with Gasteiger partial charge in [-0.25, -0.2) is 0 Å². The number of thioether (sulfide) groups is 1. The molecule has 1 aromatic rings. The molecule has 0 spiro atoms. The van der Waals surface area contributed by atoms with Gasteiger partial charge in [-0.1, -0.05) is 29.3 Å². The van der Waals surface area contributed by atoms with E-state index in [-0.39, 0.29) is 24.1 Å². The third kappa shape index (κ3) is 5.86. The first kappa shape index (κ1) is 15.0. The second-order valence-corrected chi connectivity index (χ2v) is 5.15. The van der Waals surface area contributed by atoms with Crippen LogP contribution in [0, 0.1) is 0 Å². The van der Waals surface area contributed by atoms with Gasteiger partial charge in [0.25, 0.3) is 0 Å². The molecule has 0 radical (unpaired) electrons. The van der Waals surface area contributed by atoms with Gasteiger partial charge in [0.15, 0.2) is 0 Å². The molecule has 0 heterocycles. The van der Waals surface area contributed by atoms with Crippen LogP contribution >= 0.6 is 35.0 Å². The van der Waals surface area contributed by atoms with Gasteiger partial charge < -0.3 is 5.32 Å². The molecule has 0 amide bonds. The third-order valence-corrected chi connectivity index (χ3v) is 3.35. The molecule has 0 bridgehead atoms. The van der Waals surface area contributed by atoms with Crippen molar-refractivity contribution in [3.8, 4) is 0 Å². The zero-order valence-electron chi connectivity index (χ0n) is 8.65. The van der Waals surface area contributed by atoms with E-state index in [2.05, 4.69) is 5.32 Å². The maximum Gasteiger partial charge on any atom is 0.441 e. The molecule has 0 aromatic heterocycles. The highest BCUT2D eigenvalue weighted by Crippen LogP contribution is 2.29. The highest BCUT2D eigenvalue weighted by molar-refractivity contribution is 8.00. The molecule has 0 saturated carbocycles. The van der Waals surface area contributed by atoms with Crippen LogP contribution < -0.4 is 5.32 Å². The molecular weight excluding hydrogens is 294 g/mol. The molecule has 0 atom stereocenters. The predicted molar refractivity (Wildman–Crippen MR) is 66.7 cm³/mol. The van der Waals surface area contributed by atoms with Gasteiger partial charge in [-0.2, -0.15) is 13.2 Å². The van der Waals surface area contributed by atoms with Crippen LogP contribution in [-0.2, 0) is 6.54 Å². The molecule has 96 valence electrons. The van der Waals surface area contributed by atoms with E-state index in [1.54, 1.807) is 18.2 Å². The Labute approximate surface area is 112 Å². The molecule has 0 aliphatic heterocycles. The van der Waals surface area contributed by atoms with Crippen molar-refractivity contribution in [2.24, 2.45) is 0 Å². The van der Waals surface area contributed by atoms with Gasteiger partial charge >= 0.3 is 5.51 Å². The number of rotatable bonds is 5. The highest BCUT2D eigenvalue weighted by Gasteiger charge is 2.27. The summed E-state index contributed by atoms with van der Waals surface area (Å²) in [4.78, 5) is 0. The number of hydrogen-bond acceptors (Lipinski definition) is 2. The minimum absolute atomic E-state index is 0.0361. The smallest absolute Gasteiger partial charge is 0.312 e. The van der Waals surface area contributed by atoms with Crippen LogP contribution in [0.4, 0.5) is 13.2 Å². The van der Waals surface area contributed by atoms with Crippen LogP contribution in [0.2, 0.25) is 10.0 Å². The van der Waals surface area contributed by atoms with E-state index < -0.39 is 5.51 Å². The quantitative estimate of drug-likeness (QED) is 0.812. The second kappa shape index (κ2) is 6.73. The lowest BCUT2D eigenvalue weighted by Gasteiger charge is -2.09. The summed E-state index contributed by atoms with van der Waals surface area (Å²) >= 11 is 11.8. The first-order valence-electron chi connectivity index (χ1n) is 4.74. The molecule has 1 rings (SSSR count). The third-order valence-electron chi connectivity index (χ3n) is 1.91. The molecule has 1 N–H and O–H groups in total. The van der Waals surface area contributed by atoms with E-state index in [0.29, 0.717) is 22.2 Å². The van der Waals surface area contributed by atoms with Crippen molar-refractivity contribution in [1.29, 1.82) is 0 Å². The van der Waals surface area contributed by atoms with Gasteiger partial charge in [-0.15, -0.1) is 0 Å². The van der Waals surface area contributed by atoms with E-state index in [1.807, 2.05) is 0 Å². The lowest BCUT2D eigenvalue weighted by Crippen LogP contribution is -2.18. The van der Waals surface area contributed by atoms with Gasteiger partial charge in [0.1, 0.15) is 0 Å². The average molecular weight is 304 g/mol. The Bertz CT molecular complexity index is 351. The number of nitrogens with one attached hydrogen (secondary N) is 1. The van der Waals surface area contributed by atoms with Gasteiger partial charge in [-0.3, -0.25) is 0 Å². The van der Waals surface area contributed by atoms with Crippen molar-refractivity contribution in [2.45, 2.75) is 12.1 Å². The molecule has 7 heteroatoms. The molecule has 0 aliphatic rings. The first-order chi connectivity index (χ1) is 7.90. The molecule has 0 unspecified atom stereocenters. The lowest BCUT2D eigenvalue weighted by molar-refractivity contribution is -0.0327. The second-order valence-electron chi connectivity index (χ2n) is 3.17. The van der Waals surface area contributed by atoms with Crippen LogP contribution in [0.5, 0.6) is 0 Å². The fourth-order valence-electron chi connectivity index (χ4n) is 1.15. The van der Waals surface area contributed by atoms with Gasteiger partial charge in [0.2, 0.25) is 0 Å². The lowest BCUT2D eigenvalue weighted by atomic mass is 10.2. The van der Waals surface area contributed by atoms with Gasteiger partial charge in [-0.05, 0) is 23.9 Å². The van der Waals surface area contributed by atoms with E-state index >= 15 is 0 Å².